The molecule has 1 aliphatic rings. The molecule has 1 aromatic carbocycles. The Morgan fingerprint density at radius 2 is 2.04 bits per heavy atom. The average molecular weight is 327 g/mol. The van der Waals surface area contributed by atoms with Crippen molar-refractivity contribution in [2.24, 2.45) is 0 Å². The molecule has 3 N–H and O–H groups in total. The molecule has 1 unspecified atom stereocenters. The number of nitrogens with one attached hydrogen (secondary N) is 1. The summed E-state index contributed by atoms with van der Waals surface area (Å²) < 4.78 is 0. The standard InChI is InChI=1S/C18H21N3O3/c22-15-6-1-7-16(23)17(15)18(24)20-14-5-3-9-21(12-14)11-13-4-2-8-19-10-13/h1-2,4,6-8,10,14,22-23H,3,5,9,11-12H2,(H,20,24). The number of likely N-dealkylation sites (tertiary alicyclic amines) is 1. The van der Waals surface area contributed by atoms with Crippen LogP contribution in [0.1, 0.15) is 28.8 Å². The van der Waals surface area contributed by atoms with Crippen LogP contribution in [0.25, 0.3) is 0 Å². The summed E-state index contributed by atoms with van der Waals surface area (Å²) in [5, 5.41) is 22.5. The van der Waals surface area contributed by atoms with E-state index >= 15 is 0 Å². The monoisotopic (exact) mass is 327 g/mol. The van der Waals surface area contributed by atoms with Gasteiger partial charge in [-0.25, -0.2) is 0 Å². The van der Waals surface area contributed by atoms with Crippen LogP contribution in [0.3, 0.4) is 0 Å². The number of benzene rings is 1. The van der Waals surface area contributed by atoms with E-state index in [1.54, 1.807) is 6.20 Å². The number of hydrogen-bond acceptors (Lipinski definition) is 5. The molecule has 1 fully saturated rings. The molecule has 2 heterocycles. The molecule has 0 spiro atoms. The summed E-state index contributed by atoms with van der Waals surface area (Å²) in [7, 11) is 0. The van der Waals surface area contributed by atoms with Crippen LogP contribution in [0, 0.1) is 0 Å². The number of carbonyl (C=O) groups is 1. The number of amides is 1. The van der Waals surface area contributed by atoms with Gasteiger partial charge in [0.15, 0.2) is 0 Å². The molecular formula is C18H21N3O3. The molecule has 0 saturated carbocycles. The van der Waals surface area contributed by atoms with Crippen molar-refractivity contribution >= 4 is 5.91 Å². The molecule has 1 aliphatic heterocycles. The minimum Gasteiger partial charge on any atom is -0.507 e. The van der Waals surface area contributed by atoms with Gasteiger partial charge < -0.3 is 15.5 Å². The zero-order valence-corrected chi connectivity index (χ0v) is 13.4. The lowest BCUT2D eigenvalue weighted by Gasteiger charge is -2.33. The lowest BCUT2D eigenvalue weighted by molar-refractivity contribution is 0.0895. The molecule has 0 aliphatic carbocycles. The minimum absolute atomic E-state index is 0.0121. The Balaban J connectivity index is 1.62. The van der Waals surface area contributed by atoms with Gasteiger partial charge in [0.2, 0.25) is 0 Å². The van der Waals surface area contributed by atoms with Gasteiger partial charge >= 0.3 is 0 Å². The van der Waals surface area contributed by atoms with Crippen molar-refractivity contribution in [2.45, 2.75) is 25.4 Å². The maximum absolute atomic E-state index is 12.4. The number of aromatic nitrogens is 1. The topological polar surface area (TPSA) is 85.7 Å². The molecule has 2 aromatic rings. The summed E-state index contributed by atoms with van der Waals surface area (Å²) in [6, 6.07) is 8.22. The molecule has 24 heavy (non-hydrogen) atoms. The zero-order valence-electron chi connectivity index (χ0n) is 13.4. The first-order valence-electron chi connectivity index (χ1n) is 8.06. The molecule has 1 saturated heterocycles. The third kappa shape index (κ3) is 3.83. The van der Waals surface area contributed by atoms with Crippen molar-refractivity contribution < 1.29 is 15.0 Å². The summed E-state index contributed by atoms with van der Waals surface area (Å²) in [4.78, 5) is 18.8. The van der Waals surface area contributed by atoms with Crippen molar-refractivity contribution in [1.29, 1.82) is 0 Å². The molecule has 6 nitrogen and oxygen atoms in total. The quantitative estimate of drug-likeness (QED) is 0.798. The first-order valence-corrected chi connectivity index (χ1v) is 8.06. The Hall–Kier alpha value is -2.60. The molecule has 6 heteroatoms. The molecule has 1 aromatic heterocycles. The highest BCUT2D eigenvalue weighted by molar-refractivity contribution is 5.99. The van der Waals surface area contributed by atoms with Crippen molar-refractivity contribution in [3.8, 4) is 11.5 Å². The van der Waals surface area contributed by atoms with E-state index in [0.29, 0.717) is 0 Å². The van der Waals surface area contributed by atoms with Crippen LogP contribution < -0.4 is 5.32 Å². The summed E-state index contributed by atoms with van der Waals surface area (Å²) in [6.45, 7) is 2.50. The summed E-state index contributed by atoms with van der Waals surface area (Å²) in [5.41, 5.74) is 1.07. The third-order valence-corrected chi connectivity index (χ3v) is 4.22. The fourth-order valence-electron chi connectivity index (χ4n) is 3.09. The summed E-state index contributed by atoms with van der Waals surface area (Å²) in [6.07, 6.45) is 5.46. The smallest absolute Gasteiger partial charge is 0.259 e. The number of hydrogen-bond donors (Lipinski definition) is 3. The van der Waals surface area contributed by atoms with E-state index in [1.165, 1.54) is 18.2 Å². The van der Waals surface area contributed by atoms with E-state index in [-0.39, 0.29) is 23.1 Å². The Bertz CT molecular complexity index is 686. The predicted molar refractivity (Wildman–Crippen MR) is 89.8 cm³/mol. The van der Waals surface area contributed by atoms with Crippen LogP contribution >= 0.6 is 0 Å². The molecule has 0 bridgehead atoms. The Morgan fingerprint density at radius 1 is 1.25 bits per heavy atom. The van der Waals surface area contributed by atoms with Gasteiger partial charge in [-0.05, 0) is 43.1 Å². The van der Waals surface area contributed by atoms with Crippen LogP contribution in [0.2, 0.25) is 0 Å². The van der Waals surface area contributed by atoms with Gasteiger partial charge in [-0.3, -0.25) is 14.7 Å². The summed E-state index contributed by atoms with van der Waals surface area (Å²) >= 11 is 0. The van der Waals surface area contributed by atoms with Crippen molar-refractivity contribution in [3.63, 3.8) is 0 Å². The third-order valence-electron chi connectivity index (χ3n) is 4.22. The highest BCUT2D eigenvalue weighted by atomic mass is 16.3. The van der Waals surface area contributed by atoms with E-state index in [0.717, 1.165) is 38.0 Å². The average Bonchev–Trinajstić information content (AvgIpc) is 2.56. The number of nitrogens with zero attached hydrogens (tertiary/aromatic N) is 2. The van der Waals surface area contributed by atoms with Gasteiger partial charge in [-0.2, -0.15) is 0 Å². The van der Waals surface area contributed by atoms with E-state index in [9.17, 15) is 15.0 Å². The normalized spacial score (nSPS) is 18.2. The van der Waals surface area contributed by atoms with Gasteiger partial charge in [-0.1, -0.05) is 12.1 Å². The number of piperidine rings is 1. The Labute approximate surface area is 140 Å². The highest BCUT2D eigenvalue weighted by Crippen LogP contribution is 2.26. The van der Waals surface area contributed by atoms with Crippen molar-refractivity contribution in [1.82, 2.24) is 15.2 Å². The van der Waals surface area contributed by atoms with Crippen LogP contribution in [0.15, 0.2) is 42.7 Å². The van der Waals surface area contributed by atoms with E-state index < -0.39 is 5.91 Å². The first kappa shape index (κ1) is 16.3. The number of phenols is 2. The second kappa shape index (κ2) is 7.31. The van der Waals surface area contributed by atoms with Crippen molar-refractivity contribution in [3.05, 3.63) is 53.9 Å². The number of pyridine rings is 1. The molecule has 1 atom stereocenters. The predicted octanol–water partition coefficient (Wildman–Crippen LogP) is 1.89. The first-order chi connectivity index (χ1) is 11.6. The number of rotatable bonds is 4. The van der Waals surface area contributed by atoms with Crippen LogP contribution in [0.4, 0.5) is 0 Å². The SMILES string of the molecule is O=C(NC1CCCN(Cc2cccnc2)C1)c1c(O)cccc1O. The van der Waals surface area contributed by atoms with Crippen molar-refractivity contribution in [2.75, 3.05) is 13.1 Å². The van der Waals surface area contributed by atoms with Gasteiger partial charge in [-0.15, -0.1) is 0 Å². The van der Waals surface area contributed by atoms with Gasteiger partial charge in [0.25, 0.3) is 5.91 Å². The lowest BCUT2D eigenvalue weighted by atomic mass is 10.0. The molecule has 0 radical (unpaired) electrons. The molecule has 126 valence electrons. The number of phenolic OH excluding ortho intramolecular Hbond substituents is 2. The van der Waals surface area contributed by atoms with Crippen LogP contribution in [0.5, 0.6) is 11.5 Å². The maximum atomic E-state index is 12.4. The van der Waals surface area contributed by atoms with Gasteiger partial charge in [0, 0.05) is 31.5 Å². The van der Waals surface area contributed by atoms with Crippen LogP contribution in [-0.4, -0.2) is 45.1 Å². The number of carbonyl (C=O) groups excluding carboxylic acids is 1. The van der Waals surface area contributed by atoms with E-state index in [1.807, 2.05) is 18.3 Å². The highest BCUT2D eigenvalue weighted by Gasteiger charge is 2.24. The Morgan fingerprint density at radius 3 is 2.75 bits per heavy atom. The largest absolute Gasteiger partial charge is 0.507 e. The molecular weight excluding hydrogens is 306 g/mol. The Kier molecular flexibility index (Phi) is 4.96. The lowest BCUT2D eigenvalue weighted by Crippen LogP contribution is -2.47. The molecule has 3 rings (SSSR count). The fraction of sp³-hybridized carbons (Fsp3) is 0.333. The van der Waals surface area contributed by atoms with Gasteiger partial charge in [0.1, 0.15) is 17.1 Å². The zero-order chi connectivity index (χ0) is 16.9. The fourth-order valence-corrected chi connectivity index (χ4v) is 3.09. The second-order valence-corrected chi connectivity index (χ2v) is 6.08. The van der Waals surface area contributed by atoms with E-state index in [2.05, 4.69) is 15.2 Å². The minimum atomic E-state index is -0.446. The van der Waals surface area contributed by atoms with Gasteiger partial charge in [0.05, 0.1) is 0 Å². The molecule has 1 amide bonds. The van der Waals surface area contributed by atoms with E-state index in [4.69, 9.17) is 0 Å². The van der Waals surface area contributed by atoms with Crippen LogP contribution in [-0.2, 0) is 6.54 Å². The summed E-state index contributed by atoms with van der Waals surface area (Å²) in [5.74, 6) is -0.870. The second-order valence-electron chi connectivity index (χ2n) is 6.08. The number of aromatic hydroxyl groups is 2. The maximum Gasteiger partial charge on any atom is 0.259 e.